The van der Waals surface area contributed by atoms with Gasteiger partial charge in [0, 0.05) is 13.0 Å². The van der Waals surface area contributed by atoms with Crippen molar-refractivity contribution in [2.24, 2.45) is 0 Å². The summed E-state index contributed by atoms with van der Waals surface area (Å²) in [5, 5.41) is 2.51. The van der Waals surface area contributed by atoms with Crippen molar-refractivity contribution in [1.29, 1.82) is 0 Å². The molecule has 0 spiro atoms. The second-order valence-corrected chi connectivity index (χ2v) is 7.10. The third-order valence-corrected chi connectivity index (χ3v) is 5.09. The fraction of sp³-hybridized carbons (Fsp3) is 0.476. The molecule has 27 heavy (non-hydrogen) atoms. The molecule has 1 unspecified atom stereocenters. The van der Waals surface area contributed by atoms with Crippen LogP contribution in [0.5, 0.6) is 0 Å². The monoisotopic (exact) mass is 378 g/mol. The van der Waals surface area contributed by atoms with Gasteiger partial charge in [0.1, 0.15) is 0 Å². The molecule has 1 aliphatic heterocycles. The first kappa shape index (κ1) is 19.7. The molecule has 1 saturated heterocycles. The first-order valence-corrected chi connectivity index (χ1v) is 9.55. The van der Waals surface area contributed by atoms with Gasteiger partial charge in [0.2, 0.25) is 5.91 Å². The van der Waals surface area contributed by atoms with Crippen molar-refractivity contribution >= 4 is 16.7 Å². The highest BCUT2D eigenvalue weighted by atomic mass is 19.4. The maximum absolute atomic E-state index is 14.0. The Hall–Kier alpha value is -2.08. The number of amides is 1. The molecule has 6 heteroatoms. The quantitative estimate of drug-likeness (QED) is 0.663. The minimum absolute atomic E-state index is 0.0536. The predicted molar refractivity (Wildman–Crippen MR) is 100 cm³/mol. The zero-order chi connectivity index (χ0) is 19.4. The second-order valence-electron chi connectivity index (χ2n) is 7.10. The first-order chi connectivity index (χ1) is 12.9. The van der Waals surface area contributed by atoms with Crippen molar-refractivity contribution in [3.8, 4) is 0 Å². The van der Waals surface area contributed by atoms with Gasteiger partial charge < -0.3 is 0 Å². The number of benzene rings is 2. The van der Waals surface area contributed by atoms with Gasteiger partial charge in [-0.05, 0) is 34.7 Å². The molecule has 3 rings (SSSR count). The van der Waals surface area contributed by atoms with Crippen LogP contribution in [-0.4, -0.2) is 23.6 Å². The smallest absolute Gasteiger partial charge is 0.288 e. The molecule has 0 aliphatic carbocycles. The van der Waals surface area contributed by atoms with Crippen LogP contribution in [0.4, 0.5) is 13.2 Å². The number of carbonyl (C=O) groups excluding carboxylic acids is 1. The summed E-state index contributed by atoms with van der Waals surface area (Å²) in [5.41, 5.74) is 3.54. The molecule has 1 heterocycles. The Morgan fingerprint density at radius 1 is 1.11 bits per heavy atom. The third-order valence-electron chi connectivity index (χ3n) is 5.09. The minimum atomic E-state index is -4.48. The molecule has 0 bridgehead atoms. The summed E-state index contributed by atoms with van der Waals surface area (Å²) in [5.74, 6) is -0.371. The Morgan fingerprint density at radius 3 is 2.48 bits per heavy atom. The van der Waals surface area contributed by atoms with Gasteiger partial charge in [-0.1, -0.05) is 62.6 Å². The van der Waals surface area contributed by atoms with Crippen LogP contribution < -0.4 is 5.43 Å². The second kappa shape index (κ2) is 8.30. The van der Waals surface area contributed by atoms with E-state index in [9.17, 15) is 18.0 Å². The van der Waals surface area contributed by atoms with Gasteiger partial charge in [-0.25, -0.2) is 5.01 Å². The highest BCUT2D eigenvalue weighted by Crippen LogP contribution is 2.41. The van der Waals surface area contributed by atoms with Gasteiger partial charge in [-0.15, -0.1) is 0 Å². The number of nitrogens with zero attached hydrogens (tertiary/aromatic N) is 1. The van der Waals surface area contributed by atoms with E-state index in [2.05, 4.69) is 12.3 Å². The third kappa shape index (κ3) is 4.43. The van der Waals surface area contributed by atoms with Gasteiger partial charge in [0.15, 0.2) is 6.04 Å². The molecular weight excluding hydrogens is 353 g/mol. The van der Waals surface area contributed by atoms with Gasteiger partial charge in [-0.3, -0.25) is 10.2 Å². The van der Waals surface area contributed by atoms with Crippen LogP contribution in [0, 0.1) is 0 Å². The number of unbranched alkanes of at least 4 members (excludes halogenated alkanes) is 3. The lowest BCUT2D eigenvalue weighted by atomic mass is 9.92. The van der Waals surface area contributed by atoms with Crippen LogP contribution in [0.25, 0.3) is 10.8 Å². The van der Waals surface area contributed by atoms with Crippen LogP contribution in [0.1, 0.15) is 56.2 Å². The number of carbonyl (C=O) groups is 1. The van der Waals surface area contributed by atoms with E-state index < -0.39 is 12.2 Å². The highest BCUT2D eigenvalue weighted by Gasteiger charge is 2.47. The Labute approximate surface area is 157 Å². The Kier molecular flexibility index (Phi) is 6.05. The molecule has 1 aliphatic rings. The Balaban J connectivity index is 2.04. The highest BCUT2D eigenvalue weighted by molar-refractivity contribution is 5.89. The van der Waals surface area contributed by atoms with Crippen molar-refractivity contribution < 1.29 is 18.0 Å². The number of hydrogen-bond acceptors (Lipinski definition) is 2. The molecule has 3 nitrogen and oxygen atoms in total. The summed E-state index contributed by atoms with van der Waals surface area (Å²) in [7, 11) is 0. The molecule has 0 aromatic heterocycles. The summed E-state index contributed by atoms with van der Waals surface area (Å²) in [6.45, 7) is 2.19. The Bertz CT molecular complexity index is 798. The maximum Gasteiger partial charge on any atom is 0.409 e. The van der Waals surface area contributed by atoms with E-state index in [4.69, 9.17) is 0 Å². The number of nitrogens with one attached hydrogen (secondary N) is 1. The van der Waals surface area contributed by atoms with Crippen molar-refractivity contribution in [1.82, 2.24) is 10.4 Å². The summed E-state index contributed by atoms with van der Waals surface area (Å²) < 4.78 is 42.0. The zero-order valence-corrected chi connectivity index (χ0v) is 15.5. The number of rotatable bonds is 7. The molecule has 146 valence electrons. The number of fused-ring (bicyclic) bond motifs is 1. The standard InChI is InChI=1S/C21H25F3N2O/c1-2-3-4-5-8-15-9-6-10-16-11-7-12-17(19(15)16)20(21(22,23)24)26-14-13-18(27)25-26/h6-7,9-12,20H,2-5,8,13-14H2,1H3,(H,25,27). The molecule has 1 atom stereocenters. The molecule has 0 saturated carbocycles. The number of alkyl halides is 3. The fourth-order valence-electron chi connectivity index (χ4n) is 3.84. The van der Waals surface area contributed by atoms with Crippen LogP contribution in [0.3, 0.4) is 0 Å². The molecule has 2 aromatic rings. The minimum Gasteiger partial charge on any atom is -0.288 e. The van der Waals surface area contributed by atoms with Gasteiger partial charge in [0.25, 0.3) is 0 Å². The number of hydrogen-bond donors (Lipinski definition) is 1. The molecular formula is C21H25F3N2O. The van der Waals surface area contributed by atoms with E-state index in [1.165, 1.54) is 0 Å². The van der Waals surface area contributed by atoms with Gasteiger partial charge in [0.05, 0.1) is 0 Å². The molecule has 0 radical (unpaired) electrons. The van der Waals surface area contributed by atoms with Crippen LogP contribution in [-0.2, 0) is 11.2 Å². The SMILES string of the molecule is CCCCCCc1cccc2cccc(C(N3CCC(=O)N3)C(F)(F)F)c12. The van der Waals surface area contributed by atoms with E-state index in [0.29, 0.717) is 5.39 Å². The topological polar surface area (TPSA) is 32.3 Å². The predicted octanol–water partition coefficient (Wildman–Crippen LogP) is 5.30. The van der Waals surface area contributed by atoms with E-state index in [-0.39, 0.29) is 24.4 Å². The lowest BCUT2D eigenvalue weighted by Crippen LogP contribution is -2.43. The number of hydrazine groups is 1. The van der Waals surface area contributed by atoms with Crippen LogP contribution >= 0.6 is 0 Å². The molecule has 1 amide bonds. The van der Waals surface area contributed by atoms with Crippen molar-refractivity contribution in [3.05, 3.63) is 47.5 Å². The molecule has 2 aromatic carbocycles. The molecule has 1 N–H and O–H groups in total. The molecule has 1 fully saturated rings. The zero-order valence-electron chi connectivity index (χ0n) is 15.5. The first-order valence-electron chi connectivity index (χ1n) is 9.55. The van der Waals surface area contributed by atoms with Crippen molar-refractivity contribution in [2.45, 2.75) is 57.7 Å². The summed E-state index contributed by atoms with van der Waals surface area (Å²) in [4.78, 5) is 11.5. The lowest BCUT2D eigenvalue weighted by Gasteiger charge is -2.30. The fourth-order valence-corrected chi connectivity index (χ4v) is 3.84. The van der Waals surface area contributed by atoms with Gasteiger partial charge >= 0.3 is 6.18 Å². The summed E-state index contributed by atoms with van der Waals surface area (Å²) >= 11 is 0. The lowest BCUT2D eigenvalue weighted by molar-refractivity contribution is -0.190. The normalized spacial score (nSPS) is 16.7. The average Bonchev–Trinajstić information content (AvgIpc) is 3.03. The van der Waals surface area contributed by atoms with Crippen LogP contribution in [0.15, 0.2) is 36.4 Å². The van der Waals surface area contributed by atoms with Crippen molar-refractivity contribution in [2.75, 3.05) is 6.54 Å². The number of halogens is 3. The van der Waals surface area contributed by atoms with E-state index >= 15 is 0 Å². The van der Waals surface area contributed by atoms with E-state index in [1.807, 2.05) is 24.3 Å². The Morgan fingerprint density at radius 2 is 1.85 bits per heavy atom. The van der Waals surface area contributed by atoms with Crippen LogP contribution in [0.2, 0.25) is 0 Å². The van der Waals surface area contributed by atoms with E-state index in [0.717, 1.165) is 48.1 Å². The maximum atomic E-state index is 14.0. The van der Waals surface area contributed by atoms with Crippen molar-refractivity contribution in [3.63, 3.8) is 0 Å². The van der Waals surface area contributed by atoms with Gasteiger partial charge in [-0.2, -0.15) is 13.2 Å². The summed E-state index contributed by atoms with van der Waals surface area (Å²) in [6, 6.07) is 8.89. The summed E-state index contributed by atoms with van der Waals surface area (Å²) in [6.07, 6.45) is 0.625. The number of aryl methyl sites for hydroxylation is 1. The van der Waals surface area contributed by atoms with E-state index in [1.54, 1.807) is 12.1 Å². The largest absolute Gasteiger partial charge is 0.409 e. The average molecular weight is 378 g/mol.